The summed E-state index contributed by atoms with van der Waals surface area (Å²) in [6, 6.07) is 8.65. The molecule has 3 rings (SSSR count). The third-order valence-electron chi connectivity index (χ3n) is 4.44. The highest BCUT2D eigenvalue weighted by molar-refractivity contribution is 7.14. The maximum Gasteiger partial charge on any atom is 0.290 e. The van der Waals surface area contributed by atoms with Crippen molar-refractivity contribution >= 4 is 33.9 Å². The summed E-state index contributed by atoms with van der Waals surface area (Å²) in [5.41, 5.74) is 5.83. The minimum absolute atomic E-state index is 0.0892. The van der Waals surface area contributed by atoms with Gasteiger partial charge in [0.2, 0.25) is 0 Å². The molecule has 146 valence electrons. The first-order chi connectivity index (χ1) is 13.5. The maximum atomic E-state index is 12.6. The highest BCUT2D eigenvalue weighted by atomic mass is 32.1. The highest BCUT2D eigenvalue weighted by Gasteiger charge is 2.18. The lowest BCUT2D eigenvalue weighted by atomic mass is 10.1. The number of carbonyl (C=O) groups excluding carboxylic acids is 2. The van der Waals surface area contributed by atoms with Crippen LogP contribution in [0, 0.1) is 6.92 Å². The zero-order chi connectivity index (χ0) is 20.3. The van der Waals surface area contributed by atoms with E-state index >= 15 is 0 Å². The van der Waals surface area contributed by atoms with Gasteiger partial charge in [-0.3, -0.25) is 25.2 Å². The second kappa shape index (κ2) is 8.35. The normalized spacial score (nSPS) is 10.8. The van der Waals surface area contributed by atoms with Crippen molar-refractivity contribution in [3.05, 3.63) is 61.7 Å². The van der Waals surface area contributed by atoms with Crippen molar-refractivity contribution in [2.45, 2.75) is 40.2 Å². The van der Waals surface area contributed by atoms with Crippen LogP contribution >= 0.6 is 11.3 Å². The molecule has 0 aliphatic heterocycles. The van der Waals surface area contributed by atoms with Gasteiger partial charge in [-0.2, -0.15) is 5.10 Å². The summed E-state index contributed by atoms with van der Waals surface area (Å²) in [7, 11) is 0. The van der Waals surface area contributed by atoms with Gasteiger partial charge < -0.3 is 0 Å². The van der Waals surface area contributed by atoms with Crippen molar-refractivity contribution in [3.63, 3.8) is 0 Å². The van der Waals surface area contributed by atoms with Crippen LogP contribution in [0.4, 0.5) is 0 Å². The van der Waals surface area contributed by atoms with Gasteiger partial charge in [-0.25, -0.2) is 4.68 Å². The average Bonchev–Trinajstić information content (AvgIpc) is 3.07. The van der Waals surface area contributed by atoms with E-state index in [2.05, 4.69) is 22.9 Å². The predicted octanol–water partition coefficient (Wildman–Crippen LogP) is 2.81. The highest BCUT2D eigenvalue weighted by Crippen LogP contribution is 2.22. The molecule has 0 aliphatic rings. The molecular weight excluding hydrogens is 376 g/mol. The zero-order valence-corrected chi connectivity index (χ0v) is 16.9. The minimum Gasteiger partial charge on any atom is -0.267 e. The number of aromatic nitrogens is 2. The first-order valence-corrected chi connectivity index (χ1v) is 9.97. The van der Waals surface area contributed by atoms with Crippen LogP contribution in [0.2, 0.25) is 0 Å². The van der Waals surface area contributed by atoms with Crippen molar-refractivity contribution in [3.8, 4) is 0 Å². The van der Waals surface area contributed by atoms with E-state index in [1.165, 1.54) is 16.0 Å². The van der Waals surface area contributed by atoms with E-state index in [0.29, 0.717) is 22.2 Å². The summed E-state index contributed by atoms with van der Waals surface area (Å²) in [6.07, 6.45) is 1.91. The minimum atomic E-state index is -0.575. The number of hydrazine groups is 1. The first-order valence-electron chi connectivity index (χ1n) is 9.16. The standard InChI is InChI=1S/C20H22N4O3S/c1-4-8-13-11-16(28-12(13)3)18(25)21-22-19(26)17-14-9-6-7-10-15(14)20(27)24(5-2)23-17/h6-7,9-11H,4-5,8H2,1-3H3,(H,21,25)(H,22,26). The van der Waals surface area contributed by atoms with Crippen molar-refractivity contribution in [2.24, 2.45) is 0 Å². The number of nitrogens with one attached hydrogen (secondary N) is 2. The van der Waals surface area contributed by atoms with E-state index in [0.717, 1.165) is 23.3 Å². The van der Waals surface area contributed by atoms with Crippen LogP contribution in [0.15, 0.2) is 35.1 Å². The lowest BCUT2D eigenvalue weighted by molar-refractivity contribution is 0.0846. The number of nitrogens with zero attached hydrogens (tertiary/aromatic N) is 2. The Labute approximate surface area is 166 Å². The molecule has 2 aromatic heterocycles. The third-order valence-corrected chi connectivity index (χ3v) is 5.53. The predicted molar refractivity (Wildman–Crippen MR) is 110 cm³/mol. The molecule has 7 nitrogen and oxygen atoms in total. The van der Waals surface area contributed by atoms with Crippen molar-refractivity contribution in [1.29, 1.82) is 0 Å². The van der Waals surface area contributed by atoms with Crippen LogP contribution in [0.3, 0.4) is 0 Å². The number of amides is 2. The summed E-state index contributed by atoms with van der Waals surface area (Å²) in [5, 5.41) is 5.01. The Morgan fingerprint density at radius 3 is 2.46 bits per heavy atom. The lowest BCUT2D eigenvalue weighted by Crippen LogP contribution is -2.42. The van der Waals surface area contributed by atoms with Gasteiger partial charge in [-0.05, 0) is 38.0 Å². The number of rotatable bonds is 5. The Morgan fingerprint density at radius 1 is 1.11 bits per heavy atom. The number of hydrogen-bond acceptors (Lipinski definition) is 5. The van der Waals surface area contributed by atoms with Gasteiger partial charge in [0.15, 0.2) is 5.69 Å². The van der Waals surface area contributed by atoms with E-state index in [9.17, 15) is 14.4 Å². The lowest BCUT2D eigenvalue weighted by Gasteiger charge is -2.10. The molecule has 3 aromatic rings. The second-order valence-electron chi connectivity index (χ2n) is 6.37. The van der Waals surface area contributed by atoms with Crippen LogP contribution in [0.25, 0.3) is 10.8 Å². The van der Waals surface area contributed by atoms with Crippen LogP contribution in [-0.4, -0.2) is 21.6 Å². The quantitative estimate of drug-likeness (QED) is 0.647. The number of aryl methyl sites for hydroxylation is 3. The van der Waals surface area contributed by atoms with Gasteiger partial charge in [0.25, 0.3) is 17.4 Å². The first kappa shape index (κ1) is 19.8. The number of thiophene rings is 1. The molecule has 0 aliphatic carbocycles. The van der Waals surface area contributed by atoms with Crippen LogP contribution < -0.4 is 16.4 Å². The summed E-state index contributed by atoms with van der Waals surface area (Å²) in [4.78, 5) is 39.1. The summed E-state index contributed by atoms with van der Waals surface area (Å²) in [6.45, 7) is 6.18. The number of carbonyl (C=O) groups is 2. The van der Waals surface area contributed by atoms with Crippen LogP contribution in [0.5, 0.6) is 0 Å². The average molecular weight is 398 g/mol. The topological polar surface area (TPSA) is 93.1 Å². The largest absolute Gasteiger partial charge is 0.290 e. The Hall–Kier alpha value is -3.00. The van der Waals surface area contributed by atoms with Gasteiger partial charge in [0.05, 0.1) is 10.3 Å². The van der Waals surface area contributed by atoms with Crippen molar-refractivity contribution < 1.29 is 9.59 Å². The summed E-state index contributed by atoms with van der Waals surface area (Å²) >= 11 is 1.40. The Kier molecular flexibility index (Phi) is 5.89. The molecule has 0 saturated carbocycles. The van der Waals surface area contributed by atoms with Crippen molar-refractivity contribution in [1.82, 2.24) is 20.6 Å². The van der Waals surface area contributed by atoms with Gasteiger partial charge in [-0.15, -0.1) is 11.3 Å². The smallest absolute Gasteiger partial charge is 0.267 e. The zero-order valence-electron chi connectivity index (χ0n) is 16.0. The van der Waals surface area contributed by atoms with Gasteiger partial charge in [-0.1, -0.05) is 31.5 Å². The summed E-state index contributed by atoms with van der Waals surface area (Å²) in [5.74, 6) is -0.953. The number of fused-ring (bicyclic) bond motifs is 1. The Balaban J connectivity index is 1.82. The fourth-order valence-electron chi connectivity index (χ4n) is 3.00. The van der Waals surface area contributed by atoms with E-state index in [-0.39, 0.29) is 17.2 Å². The molecule has 1 aromatic carbocycles. The number of hydrogen-bond donors (Lipinski definition) is 2. The second-order valence-corrected chi connectivity index (χ2v) is 7.62. The van der Waals surface area contributed by atoms with Crippen LogP contribution in [0.1, 0.15) is 50.9 Å². The van der Waals surface area contributed by atoms with Crippen LogP contribution in [-0.2, 0) is 13.0 Å². The van der Waals surface area contributed by atoms with Gasteiger partial charge in [0, 0.05) is 16.8 Å². The Bertz CT molecular complexity index is 1100. The van der Waals surface area contributed by atoms with Crippen molar-refractivity contribution in [2.75, 3.05) is 0 Å². The molecule has 0 unspecified atom stereocenters. The van der Waals surface area contributed by atoms with E-state index in [4.69, 9.17) is 0 Å². The summed E-state index contributed by atoms with van der Waals surface area (Å²) < 4.78 is 1.23. The maximum absolute atomic E-state index is 12.6. The monoisotopic (exact) mass is 398 g/mol. The molecule has 0 bridgehead atoms. The van der Waals surface area contributed by atoms with Gasteiger partial charge >= 0.3 is 0 Å². The molecule has 0 spiro atoms. The molecular formula is C20H22N4O3S. The fourth-order valence-corrected chi connectivity index (χ4v) is 3.97. The van der Waals surface area contributed by atoms with Gasteiger partial charge in [0.1, 0.15) is 0 Å². The Morgan fingerprint density at radius 2 is 1.79 bits per heavy atom. The van der Waals surface area contributed by atoms with E-state index < -0.39 is 5.91 Å². The molecule has 2 amide bonds. The molecule has 28 heavy (non-hydrogen) atoms. The molecule has 0 saturated heterocycles. The fraction of sp³-hybridized carbons (Fsp3) is 0.300. The SMILES string of the molecule is CCCc1cc(C(=O)NNC(=O)c2nn(CC)c(=O)c3ccccc23)sc1C. The van der Waals surface area contributed by atoms with E-state index in [1.807, 2.05) is 13.0 Å². The molecule has 8 heteroatoms. The molecule has 0 fully saturated rings. The van der Waals surface area contributed by atoms with E-state index in [1.54, 1.807) is 31.2 Å². The molecule has 0 radical (unpaired) electrons. The molecule has 2 heterocycles. The molecule has 2 N–H and O–H groups in total. The molecule has 0 atom stereocenters. The number of benzene rings is 1. The third kappa shape index (κ3) is 3.82.